The molecular formula is C13H11NO5S. The van der Waals surface area contributed by atoms with E-state index in [1.807, 2.05) is 6.07 Å². The van der Waals surface area contributed by atoms with Crippen LogP contribution in [-0.2, 0) is 11.2 Å². The van der Waals surface area contributed by atoms with Crippen molar-refractivity contribution in [3.05, 3.63) is 23.2 Å². The van der Waals surface area contributed by atoms with E-state index in [4.69, 9.17) is 19.3 Å². The molecule has 6 nitrogen and oxygen atoms in total. The summed E-state index contributed by atoms with van der Waals surface area (Å²) in [4.78, 5) is 15.0. The first kappa shape index (κ1) is 12.7. The molecule has 1 aromatic heterocycles. The third-order valence-corrected chi connectivity index (χ3v) is 3.73. The number of thiazole rings is 1. The van der Waals surface area contributed by atoms with Crippen molar-refractivity contribution in [2.45, 2.75) is 6.42 Å². The molecule has 1 aliphatic rings. The Balaban J connectivity index is 1.98. The van der Waals surface area contributed by atoms with Gasteiger partial charge in [-0.15, -0.1) is 11.3 Å². The number of carboxylic acid groups (broad SMARTS) is 1. The maximum absolute atomic E-state index is 10.7. The second kappa shape index (κ2) is 5.01. The number of carbonyl (C=O) groups is 1. The standard InChI is InChI=1S/C13H11NO5S/c1-17-9-2-7(3-10-12(9)19-6-18-10)13-14-8(5-20-13)4-11(15)16/h2-3,5H,4,6H2,1H3,(H,15,16). The summed E-state index contributed by atoms with van der Waals surface area (Å²) in [5.74, 6) is 0.864. The normalized spacial score (nSPS) is 12.4. The summed E-state index contributed by atoms with van der Waals surface area (Å²) in [5.41, 5.74) is 1.35. The van der Waals surface area contributed by atoms with Crippen LogP contribution >= 0.6 is 11.3 Å². The van der Waals surface area contributed by atoms with Crippen LogP contribution in [0.2, 0.25) is 0 Å². The molecule has 104 valence electrons. The zero-order valence-electron chi connectivity index (χ0n) is 10.6. The molecule has 0 fully saturated rings. The molecule has 0 aliphatic carbocycles. The van der Waals surface area contributed by atoms with E-state index in [0.29, 0.717) is 22.9 Å². The predicted molar refractivity (Wildman–Crippen MR) is 71.6 cm³/mol. The molecule has 0 atom stereocenters. The SMILES string of the molecule is COc1cc(-c2nc(CC(=O)O)cs2)cc2c1OCO2. The molecule has 1 N–H and O–H groups in total. The Morgan fingerprint density at radius 3 is 3.10 bits per heavy atom. The van der Waals surface area contributed by atoms with E-state index in [1.165, 1.54) is 11.3 Å². The molecule has 1 aliphatic heterocycles. The van der Waals surface area contributed by atoms with E-state index in [-0.39, 0.29) is 13.2 Å². The molecule has 0 bridgehead atoms. The zero-order valence-corrected chi connectivity index (χ0v) is 11.4. The van der Waals surface area contributed by atoms with Gasteiger partial charge >= 0.3 is 5.97 Å². The summed E-state index contributed by atoms with van der Waals surface area (Å²) < 4.78 is 16.0. The fraction of sp³-hybridized carbons (Fsp3) is 0.231. The van der Waals surface area contributed by atoms with E-state index >= 15 is 0 Å². The van der Waals surface area contributed by atoms with Crippen molar-refractivity contribution in [2.75, 3.05) is 13.9 Å². The number of carboxylic acids is 1. The Hall–Kier alpha value is -2.28. The highest BCUT2D eigenvalue weighted by atomic mass is 32.1. The molecule has 0 radical (unpaired) electrons. The van der Waals surface area contributed by atoms with Gasteiger partial charge in [-0.05, 0) is 12.1 Å². The van der Waals surface area contributed by atoms with Crippen LogP contribution in [0.5, 0.6) is 17.2 Å². The van der Waals surface area contributed by atoms with Gasteiger partial charge in [0.25, 0.3) is 0 Å². The molecule has 1 aromatic carbocycles. The van der Waals surface area contributed by atoms with Crippen molar-refractivity contribution < 1.29 is 24.1 Å². The van der Waals surface area contributed by atoms with Crippen molar-refractivity contribution in [3.63, 3.8) is 0 Å². The van der Waals surface area contributed by atoms with Crippen LogP contribution in [0.15, 0.2) is 17.5 Å². The molecule has 7 heteroatoms. The van der Waals surface area contributed by atoms with Crippen LogP contribution in [-0.4, -0.2) is 30.0 Å². The number of nitrogens with zero attached hydrogens (tertiary/aromatic N) is 1. The minimum absolute atomic E-state index is 0.0851. The molecular weight excluding hydrogens is 282 g/mol. The van der Waals surface area contributed by atoms with Gasteiger partial charge in [0, 0.05) is 10.9 Å². The van der Waals surface area contributed by atoms with E-state index in [9.17, 15) is 4.79 Å². The minimum atomic E-state index is -0.898. The number of benzene rings is 1. The van der Waals surface area contributed by atoms with Crippen molar-refractivity contribution in [3.8, 4) is 27.8 Å². The number of hydrogen-bond acceptors (Lipinski definition) is 6. The van der Waals surface area contributed by atoms with Crippen LogP contribution in [0.3, 0.4) is 0 Å². The van der Waals surface area contributed by atoms with Gasteiger partial charge < -0.3 is 19.3 Å². The van der Waals surface area contributed by atoms with Crippen molar-refractivity contribution in [1.29, 1.82) is 0 Å². The van der Waals surface area contributed by atoms with Crippen molar-refractivity contribution >= 4 is 17.3 Å². The van der Waals surface area contributed by atoms with E-state index in [1.54, 1.807) is 18.6 Å². The van der Waals surface area contributed by atoms with Gasteiger partial charge in [-0.1, -0.05) is 0 Å². The van der Waals surface area contributed by atoms with Gasteiger partial charge in [-0.2, -0.15) is 0 Å². The number of methoxy groups -OCH3 is 1. The van der Waals surface area contributed by atoms with Crippen LogP contribution in [0.25, 0.3) is 10.6 Å². The van der Waals surface area contributed by atoms with E-state index in [2.05, 4.69) is 4.98 Å². The molecule has 2 aromatic rings. The van der Waals surface area contributed by atoms with E-state index in [0.717, 1.165) is 10.6 Å². The van der Waals surface area contributed by atoms with Gasteiger partial charge in [0.15, 0.2) is 11.5 Å². The van der Waals surface area contributed by atoms with Gasteiger partial charge in [-0.3, -0.25) is 4.79 Å². The highest BCUT2D eigenvalue weighted by molar-refractivity contribution is 7.13. The summed E-state index contributed by atoms with van der Waals surface area (Å²) in [7, 11) is 1.55. The Morgan fingerprint density at radius 2 is 2.35 bits per heavy atom. The number of aliphatic carboxylic acids is 1. The van der Waals surface area contributed by atoms with Gasteiger partial charge in [0.05, 0.1) is 19.2 Å². The monoisotopic (exact) mass is 293 g/mol. The first-order chi connectivity index (χ1) is 9.67. The maximum atomic E-state index is 10.7. The van der Waals surface area contributed by atoms with Gasteiger partial charge in [0.2, 0.25) is 12.5 Å². The largest absolute Gasteiger partial charge is 0.493 e. The smallest absolute Gasteiger partial charge is 0.309 e. The Kier molecular flexibility index (Phi) is 3.19. The van der Waals surface area contributed by atoms with Crippen LogP contribution in [0.1, 0.15) is 5.69 Å². The number of ether oxygens (including phenoxy) is 3. The molecule has 2 heterocycles. The molecule has 0 unspecified atom stereocenters. The third-order valence-electron chi connectivity index (χ3n) is 2.79. The summed E-state index contributed by atoms with van der Waals surface area (Å²) in [6.07, 6.45) is -0.0851. The topological polar surface area (TPSA) is 77.9 Å². The second-order valence-electron chi connectivity index (χ2n) is 4.13. The first-order valence-corrected chi connectivity index (χ1v) is 6.69. The lowest BCUT2D eigenvalue weighted by atomic mass is 10.2. The van der Waals surface area contributed by atoms with Crippen LogP contribution < -0.4 is 14.2 Å². The zero-order chi connectivity index (χ0) is 14.1. The van der Waals surface area contributed by atoms with Gasteiger partial charge in [0.1, 0.15) is 5.01 Å². The van der Waals surface area contributed by atoms with Crippen LogP contribution in [0, 0.1) is 0 Å². The lowest BCUT2D eigenvalue weighted by Crippen LogP contribution is -1.99. The van der Waals surface area contributed by atoms with E-state index < -0.39 is 5.97 Å². The lowest BCUT2D eigenvalue weighted by molar-refractivity contribution is -0.136. The number of rotatable bonds is 4. The number of aromatic nitrogens is 1. The Bertz CT molecular complexity index is 667. The fourth-order valence-electron chi connectivity index (χ4n) is 1.93. The minimum Gasteiger partial charge on any atom is -0.493 e. The third kappa shape index (κ3) is 2.27. The quantitative estimate of drug-likeness (QED) is 0.931. The highest BCUT2D eigenvalue weighted by Gasteiger charge is 2.21. The van der Waals surface area contributed by atoms with Crippen molar-refractivity contribution in [2.24, 2.45) is 0 Å². The summed E-state index contributed by atoms with van der Waals surface area (Å²) in [6.45, 7) is 0.164. The number of hydrogen-bond donors (Lipinski definition) is 1. The average molecular weight is 293 g/mol. The predicted octanol–water partition coefficient (Wildman–Crippen LogP) is 2.17. The second-order valence-corrected chi connectivity index (χ2v) is 4.98. The summed E-state index contributed by atoms with van der Waals surface area (Å²) in [5, 5.41) is 11.2. The molecule has 0 spiro atoms. The van der Waals surface area contributed by atoms with Crippen LogP contribution in [0.4, 0.5) is 0 Å². The Morgan fingerprint density at radius 1 is 1.50 bits per heavy atom. The average Bonchev–Trinajstić information content (AvgIpc) is 3.05. The molecule has 3 rings (SSSR count). The molecule has 0 saturated carbocycles. The molecule has 0 saturated heterocycles. The number of fused-ring (bicyclic) bond motifs is 1. The summed E-state index contributed by atoms with van der Waals surface area (Å²) >= 11 is 1.38. The molecule has 20 heavy (non-hydrogen) atoms. The molecule has 0 amide bonds. The first-order valence-electron chi connectivity index (χ1n) is 5.81. The lowest BCUT2D eigenvalue weighted by Gasteiger charge is -2.06. The summed E-state index contributed by atoms with van der Waals surface area (Å²) in [6, 6.07) is 3.62. The van der Waals surface area contributed by atoms with Crippen molar-refractivity contribution in [1.82, 2.24) is 4.98 Å². The highest BCUT2D eigenvalue weighted by Crippen LogP contribution is 2.44. The fourth-order valence-corrected chi connectivity index (χ4v) is 2.74. The Labute approximate surface area is 118 Å². The van der Waals surface area contributed by atoms with Gasteiger partial charge in [-0.25, -0.2) is 4.98 Å². The maximum Gasteiger partial charge on any atom is 0.309 e.